The van der Waals surface area contributed by atoms with Crippen LogP contribution in [0.5, 0.6) is 0 Å². The van der Waals surface area contributed by atoms with E-state index in [1.807, 2.05) is 31.3 Å². The Morgan fingerprint density at radius 3 is 2.40 bits per heavy atom. The van der Waals surface area contributed by atoms with Gasteiger partial charge in [0, 0.05) is 42.3 Å². The average Bonchev–Trinajstić information content (AvgIpc) is 2.60. The van der Waals surface area contributed by atoms with Gasteiger partial charge in [-0.15, -0.1) is 0 Å². The Balaban J connectivity index is 1.71. The molecule has 5 heteroatoms. The Morgan fingerprint density at radius 2 is 1.76 bits per heavy atom. The summed E-state index contributed by atoms with van der Waals surface area (Å²) >= 11 is 0. The minimum atomic E-state index is -0.0808. The summed E-state index contributed by atoms with van der Waals surface area (Å²) in [6.45, 7) is 5.33. The van der Waals surface area contributed by atoms with Crippen molar-refractivity contribution in [1.82, 2.24) is 19.9 Å². The topological polar surface area (TPSA) is 61.9 Å². The molecule has 1 N–H and O–H groups in total. The fraction of sp³-hybridized carbons (Fsp3) is 0.250. The van der Waals surface area contributed by atoms with E-state index in [1.54, 1.807) is 13.1 Å². The van der Waals surface area contributed by atoms with Crippen LogP contribution in [0.1, 0.15) is 22.4 Å². The number of hydrogen-bond acceptors (Lipinski definition) is 4. The standard InChI is InChI=1S/C20H22N4O/c1-14-15(2)22-19(23-20(14)25)18-8-6-16(7-9-18)12-24(3)13-17-5-4-10-21-11-17/h4-11H,12-13H2,1-3H3,(H,22,23,25). The van der Waals surface area contributed by atoms with Crippen molar-refractivity contribution in [3.63, 3.8) is 0 Å². The van der Waals surface area contributed by atoms with Crippen molar-refractivity contribution in [2.24, 2.45) is 0 Å². The first-order valence-electron chi connectivity index (χ1n) is 8.27. The third kappa shape index (κ3) is 4.19. The quantitative estimate of drug-likeness (QED) is 0.779. The number of rotatable bonds is 5. The molecule has 0 atom stereocenters. The first-order chi connectivity index (χ1) is 12.0. The van der Waals surface area contributed by atoms with Crippen molar-refractivity contribution in [3.8, 4) is 11.4 Å². The van der Waals surface area contributed by atoms with Crippen LogP contribution in [-0.4, -0.2) is 26.9 Å². The molecule has 3 rings (SSSR count). The van der Waals surface area contributed by atoms with Crippen LogP contribution in [-0.2, 0) is 13.1 Å². The van der Waals surface area contributed by atoms with Gasteiger partial charge in [-0.1, -0.05) is 30.3 Å². The molecule has 2 heterocycles. The van der Waals surface area contributed by atoms with E-state index >= 15 is 0 Å². The van der Waals surface area contributed by atoms with Crippen LogP contribution in [0.3, 0.4) is 0 Å². The number of nitrogens with zero attached hydrogens (tertiary/aromatic N) is 3. The van der Waals surface area contributed by atoms with Crippen molar-refractivity contribution in [2.75, 3.05) is 7.05 Å². The van der Waals surface area contributed by atoms with Gasteiger partial charge in [0.15, 0.2) is 0 Å². The van der Waals surface area contributed by atoms with Crippen molar-refractivity contribution in [2.45, 2.75) is 26.9 Å². The first kappa shape index (κ1) is 17.0. The molecule has 0 unspecified atom stereocenters. The van der Waals surface area contributed by atoms with E-state index in [1.165, 1.54) is 11.1 Å². The largest absolute Gasteiger partial charge is 0.306 e. The highest BCUT2D eigenvalue weighted by atomic mass is 16.1. The molecule has 3 aromatic rings. The van der Waals surface area contributed by atoms with Gasteiger partial charge in [-0.25, -0.2) is 4.98 Å². The van der Waals surface area contributed by atoms with Gasteiger partial charge in [-0.2, -0.15) is 0 Å². The number of hydrogen-bond donors (Lipinski definition) is 1. The number of benzene rings is 1. The molecule has 0 radical (unpaired) electrons. The van der Waals surface area contributed by atoms with Crippen LogP contribution in [0.4, 0.5) is 0 Å². The smallest absolute Gasteiger partial charge is 0.254 e. The van der Waals surface area contributed by atoms with Gasteiger partial charge in [-0.3, -0.25) is 14.7 Å². The Kier molecular flexibility index (Phi) is 5.05. The fourth-order valence-corrected chi connectivity index (χ4v) is 2.72. The fourth-order valence-electron chi connectivity index (χ4n) is 2.72. The van der Waals surface area contributed by atoms with Crippen LogP contribution >= 0.6 is 0 Å². The number of aryl methyl sites for hydroxylation is 1. The van der Waals surface area contributed by atoms with Gasteiger partial charge in [-0.05, 0) is 38.1 Å². The van der Waals surface area contributed by atoms with Crippen molar-refractivity contribution in [3.05, 3.63) is 81.5 Å². The molecule has 1 aromatic carbocycles. The van der Waals surface area contributed by atoms with E-state index in [9.17, 15) is 4.79 Å². The monoisotopic (exact) mass is 334 g/mol. The molecule has 0 saturated carbocycles. The number of nitrogens with one attached hydrogen (secondary N) is 1. The highest BCUT2D eigenvalue weighted by Gasteiger charge is 2.07. The van der Waals surface area contributed by atoms with E-state index in [-0.39, 0.29) is 5.56 Å². The van der Waals surface area contributed by atoms with E-state index in [0.29, 0.717) is 11.4 Å². The number of H-pyrrole nitrogens is 1. The normalized spacial score (nSPS) is 11.0. The summed E-state index contributed by atoms with van der Waals surface area (Å²) in [6.07, 6.45) is 3.68. The van der Waals surface area contributed by atoms with Gasteiger partial charge in [0.05, 0.1) is 0 Å². The third-order valence-electron chi connectivity index (χ3n) is 4.25. The third-order valence-corrected chi connectivity index (χ3v) is 4.25. The molecule has 0 aliphatic rings. The lowest BCUT2D eigenvalue weighted by Crippen LogP contribution is -2.17. The van der Waals surface area contributed by atoms with Gasteiger partial charge >= 0.3 is 0 Å². The molecule has 0 aliphatic heterocycles. The maximum Gasteiger partial charge on any atom is 0.254 e. The molecule has 25 heavy (non-hydrogen) atoms. The highest BCUT2D eigenvalue weighted by molar-refractivity contribution is 5.55. The summed E-state index contributed by atoms with van der Waals surface area (Å²) in [7, 11) is 2.09. The molecule has 0 spiro atoms. The second-order valence-corrected chi connectivity index (χ2v) is 6.36. The summed E-state index contributed by atoms with van der Waals surface area (Å²) in [5.41, 5.74) is 4.66. The maximum atomic E-state index is 11.9. The molecule has 0 aliphatic carbocycles. The number of pyridine rings is 1. The predicted molar refractivity (Wildman–Crippen MR) is 99.2 cm³/mol. The van der Waals surface area contributed by atoms with Crippen molar-refractivity contribution >= 4 is 0 Å². The van der Waals surface area contributed by atoms with Gasteiger partial charge in [0.1, 0.15) is 5.82 Å². The zero-order valence-electron chi connectivity index (χ0n) is 14.8. The van der Waals surface area contributed by atoms with Crippen LogP contribution < -0.4 is 5.56 Å². The van der Waals surface area contributed by atoms with Crippen LogP contribution in [0.15, 0.2) is 53.6 Å². The minimum absolute atomic E-state index is 0.0808. The zero-order valence-corrected chi connectivity index (χ0v) is 14.8. The predicted octanol–water partition coefficient (Wildman–Crippen LogP) is 3.08. The highest BCUT2D eigenvalue weighted by Crippen LogP contribution is 2.16. The molecular weight excluding hydrogens is 312 g/mol. The van der Waals surface area contributed by atoms with Crippen molar-refractivity contribution < 1.29 is 0 Å². The molecule has 0 fully saturated rings. The average molecular weight is 334 g/mol. The van der Waals surface area contributed by atoms with Gasteiger partial charge in [0.2, 0.25) is 0 Å². The summed E-state index contributed by atoms with van der Waals surface area (Å²) < 4.78 is 0. The molecule has 0 bridgehead atoms. The van der Waals surface area contributed by atoms with E-state index in [0.717, 1.165) is 24.3 Å². The summed E-state index contributed by atoms with van der Waals surface area (Å²) in [6, 6.07) is 12.2. The first-order valence-corrected chi connectivity index (χ1v) is 8.27. The lowest BCUT2D eigenvalue weighted by atomic mass is 10.1. The lowest BCUT2D eigenvalue weighted by molar-refractivity contribution is 0.318. The SMILES string of the molecule is Cc1nc(-c2ccc(CN(C)Cc3cccnc3)cc2)[nH]c(=O)c1C. The van der Waals surface area contributed by atoms with Crippen molar-refractivity contribution in [1.29, 1.82) is 0 Å². The zero-order chi connectivity index (χ0) is 17.8. The Morgan fingerprint density at radius 1 is 1.04 bits per heavy atom. The molecule has 0 saturated heterocycles. The molecule has 0 amide bonds. The number of aromatic nitrogens is 3. The lowest BCUT2D eigenvalue weighted by Gasteiger charge is -2.16. The minimum Gasteiger partial charge on any atom is -0.306 e. The molecule has 5 nitrogen and oxygen atoms in total. The van der Waals surface area contributed by atoms with Gasteiger partial charge in [0.25, 0.3) is 5.56 Å². The number of aromatic amines is 1. The Bertz CT molecular complexity index is 901. The second-order valence-electron chi connectivity index (χ2n) is 6.36. The maximum absolute atomic E-state index is 11.9. The second kappa shape index (κ2) is 7.40. The Labute approximate surface area is 147 Å². The Hall–Kier alpha value is -2.79. The van der Waals surface area contributed by atoms with E-state index in [2.05, 4.69) is 45.1 Å². The molecule has 2 aromatic heterocycles. The van der Waals surface area contributed by atoms with E-state index in [4.69, 9.17) is 0 Å². The van der Waals surface area contributed by atoms with Gasteiger partial charge < -0.3 is 4.98 Å². The molecular formula is C20H22N4O. The van der Waals surface area contributed by atoms with Crippen LogP contribution in [0.2, 0.25) is 0 Å². The van der Waals surface area contributed by atoms with Crippen LogP contribution in [0.25, 0.3) is 11.4 Å². The van der Waals surface area contributed by atoms with E-state index < -0.39 is 0 Å². The van der Waals surface area contributed by atoms with Crippen LogP contribution in [0, 0.1) is 13.8 Å². The summed E-state index contributed by atoms with van der Waals surface area (Å²) in [5, 5.41) is 0. The molecule has 128 valence electrons. The summed E-state index contributed by atoms with van der Waals surface area (Å²) in [4.78, 5) is 25.6. The summed E-state index contributed by atoms with van der Waals surface area (Å²) in [5.74, 6) is 0.614.